The molecular weight excluding hydrogens is 248 g/mol. The van der Waals surface area contributed by atoms with Gasteiger partial charge in [-0.05, 0) is 36.9 Å². The molecule has 1 unspecified atom stereocenters. The minimum Gasteiger partial charge on any atom is -0.475 e. The fraction of sp³-hybridized carbons (Fsp3) is 0.643. The van der Waals surface area contributed by atoms with Crippen LogP contribution < -0.4 is 10.1 Å². The number of aromatic nitrogens is 1. The van der Waals surface area contributed by atoms with Crippen LogP contribution in [-0.2, 0) is 0 Å². The summed E-state index contributed by atoms with van der Waals surface area (Å²) in [4.78, 5) is 4.14. The van der Waals surface area contributed by atoms with Crippen LogP contribution in [0.3, 0.4) is 0 Å². The fourth-order valence-corrected chi connectivity index (χ4v) is 3.08. The summed E-state index contributed by atoms with van der Waals surface area (Å²) >= 11 is 6.01. The Hall–Kier alpha value is -0.800. The Morgan fingerprint density at radius 2 is 2.28 bits per heavy atom. The molecule has 0 amide bonds. The van der Waals surface area contributed by atoms with Crippen molar-refractivity contribution in [1.29, 1.82) is 0 Å². The Morgan fingerprint density at radius 3 is 3.00 bits per heavy atom. The van der Waals surface area contributed by atoms with Crippen molar-refractivity contribution in [3.63, 3.8) is 0 Å². The molecule has 98 valence electrons. The third kappa shape index (κ3) is 2.62. The number of ether oxygens (including phenoxy) is 1. The first-order valence-electron chi connectivity index (χ1n) is 6.79. The first-order valence-corrected chi connectivity index (χ1v) is 7.17. The molecule has 1 aromatic heterocycles. The zero-order valence-corrected chi connectivity index (χ0v) is 11.2. The molecule has 3 rings (SSSR count). The van der Waals surface area contributed by atoms with Crippen molar-refractivity contribution in [1.82, 2.24) is 10.3 Å². The maximum Gasteiger partial charge on any atom is 0.232 e. The predicted molar refractivity (Wildman–Crippen MR) is 72.0 cm³/mol. The molecular formula is C14H19ClN2O. The summed E-state index contributed by atoms with van der Waals surface area (Å²) < 4.78 is 5.69. The second-order valence-corrected chi connectivity index (χ2v) is 5.80. The van der Waals surface area contributed by atoms with E-state index < -0.39 is 0 Å². The van der Waals surface area contributed by atoms with Gasteiger partial charge in [0.25, 0.3) is 0 Å². The number of hydrogen-bond acceptors (Lipinski definition) is 3. The van der Waals surface area contributed by atoms with Gasteiger partial charge in [0, 0.05) is 12.2 Å². The highest BCUT2D eigenvalue weighted by Gasteiger charge is 2.33. The molecule has 1 aliphatic heterocycles. The quantitative estimate of drug-likeness (QED) is 0.910. The van der Waals surface area contributed by atoms with Crippen LogP contribution in [0.25, 0.3) is 0 Å². The highest BCUT2D eigenvalue weighted by atomic mass is 35.5. The van der Waals surface area contributed by atoms with Gasteiger partial charge >= 0.3 is 0 Å². The smallest absolute Gasteiger partial charge is 0.232 e. The summed E-state index contributed by atoms with van der Waals surface area (Å²) in [5, 5.41) is 4.14. The average Bonchev–Trinajstić information content (AvgIpc) is 2.74. The zero-order valence-electron chi connectivity index (χ0n) is 10.4. The van der Waals surface area contributed by atoms with E-state index in [1.165, 1.54) is 25.7 Å². The van der Waals surface area contributed by atoms with E-state index in [4.69, 9.17) is 16.3 Å². The topological polar surface area (TPSA) is 34.1 Å². The molecule has 3 nitrogen and oxygen atoms in total. The summed E-state index contributed by atoms with van der Waals surface area (Å²) in [5.74, 6) is 2.36. The van der Waals surface area contributed by atoms with Crippen molar-refractivity contribution in [2.45, 2.75) is 31.7 Å². The van der Waals surface area contributed by atoms with Crippen LogP contribution in [-0.4, -0.2) is 24.2 Å². The molecule has 2 heterocycles. The highest BCUT2D eigenvalue weighted by Crippen LogP contribution is 2.37. The number of halogens is 1. The standard InChI is InChI=1S/C14H19ClN2O/c15-13-5-2-6-16-14(13)18-9-12-7-11(8-17-12)10-3-1-4-10/h2,5-6,10-12,17H,1,3-4,7-9H2/t11?,12-/m1/s1. The molecule has 0 aromatic carbocycles. The van der Waals surface area contributed by atoms with E-state index in [9.17, 15) is 0 Å². The molecule has 1 aliphatic carbocycles. The molecule has 1 saturated carbocycles. The lowest BCUT2D eigenvalue weighted by atomic mass is 9.75. The van der Waals surface area contributed by atoms with Crippen LogP contribution in [0.15, 0.2) is 18.3 Å². The Morgan fingerprint density at radius 1 is 1.39 bits per heavy atom. The van der Waals surface area contributed by atoms with E-state index in [0.29, 0.717) is 23.6 Å². The fourth-order valence-electron chi connectivity index (χ4n) is 2.90. The molecule has 1 aromatic rings. The monoisotopic (exact) mass is 266 g/mol. The van der Waals surface area contributed by atoms with Gasteiger partial charge in [-0.3, -0.25) is 0 Å². The average molecular weight is 267 g/mol. The van der Waals surface area contributed by atoms with Gasteiger partial charge in [0.2, 0.25) is 5.88 Å². The number of rotatable bonds is 4. The van der Waals surface area contributed by atoms with E-state index in [0.717, 1.165) is 18.4 Å². The molecule has 1 N–H and O–H groups in total. The molecule has 4 heteroatoms. The molecule has 0 spiro atoms. The Kier molecular flexibility index (Phi) is 3.71. The molecule has 18 heavy (non-hydrogen) atoms. The third-order valence-corrected chi connectivity index (χ3v) is 4.51. The number of pyridine rings is 1. The van der Waals surface area contributed by atoms with Crippen molar-refractivity contribution in [3.05, 3.63) is 23.4 Å². The minimum atomic E-state index is 0.452. The first kappa shape index (κ1) is 12.2. The van der Waals surface area contributed by atoms with Gasteiger partial charge in [-0.1, -0.05) is 30.9 Å². The van der Waals surface area contributed by atoms with E-state index in [-0.39, 0.29) is 0 Å². The van der Waals surface area contributed by atoms with Gasteiger partial charge in [-0.2, -0.15) is 0 Å². The van der Waals surface area contributed by atoms with Gasteiger partial charge < -0.3 is 10.1 Å². The lowest BCUT2D eigenvalue weighted by Crippen LogP contribution is -2.28. The van der Waals surface area contributed by atoms with E-state index in [1.807, 2.05) is 12.1 Å². The summed E-state index contributed by atoms with van der Waals surface area (Å²) in [7, 11) is 0. The van der Waals surface area contributed by atoms with Crippen molar-refractivity contribution in [2.24, 2.45) is 11.8 Å². The Balaban J connectivity index is 1.48. The van der Waals surface area contributed by atoms with Crippen LogP contribution in [0, 0.1) is 11.8 Å². The molecule has 1 saturated heterocycles. The van der Waals surface area contributed by atoms with Crippen molar-refractivity contribution < 1.29 is 4.74 Å². The second kappa shape index (κ2) is 5.45. The SMILES string of the molecule is Clc1cccnc1OC[C@H]1CC(C2CCC2)CN1. The number of nitrogens with zero attached hydrogens (tertiary/aromatic N) is 1. The highest BCUT2D eigenvalue weighted by molar-refractivity contribution is 6.31. The summed E-state index contributed by atoms with van der Waals surface area (Å²) in [6, 6.07) is 4.08. The molecule has 2 aliphatic rings. The largest absolute Gasteiger partial charge is 0.475 e. The van der Waals surface area contributed by atoms with Crippen LogP contribution in [0.4, 0.5) is 0 Å². The van der Waals surface area contributed by atoms with Crippen LogP contribution in [0.1, 0.15) is 25.7 Å². The van der Waals surface area contributed by atoms with E-state index >= 15 is 0 Å². The minimum absolute atomic E-state index is 0.452. The van der Waals surface area contributed by atoms with E-state index in [1.54, 1.807) is 6.20 Å². The number of nitrogens with one attached hydrogen (secondary N) is 1. The van der Waals surface area contributed by atoms with Gasteiger partial charge in [0.15, 0.2) is 0 Å². The Labute approximate surface area is 113 Å². The molecule has 2 atom stereocenters. The van der Waals surface area contributed by atoms with Crippen molar-refractivity contribution in [2.75, 3.05) is 13.2 Å². The maximum absolute atomic E-state index is 6.01. The summed E-state index contributed by atoms with van der Waals surface area (Å²) in [6.07, 6.45) is 7.21. The van der Waals surface area contributed by atoms with E-state index in [2.05, 4.69) is 10.3 Å². The lowest BCUT2D eigenvalue weighted by molar-refractivity contribution is 0.209. The molecule has 2 fully saturated rings. The summed E-state index contributed by atoms with van der Waals surface area (Å²) in [6.45, 7) is 1.81. The molecule has 0 bridgehead atoms. The van der Waals surface area contributed by atoms with Gasteiger partial charge in [-0.15, -0.1) is 0 Å². The normalized spacial score (nSPS) is 28.1. The Bertz CT molecular complexity index is 409. The van der Waals surface area contributed by atoms with Crippen LogP contribution >= 0.6 is 11.6 Å². The lowest BCUT2D eigenvalue weighted by Gasteiger charge is -2.30. The van der Waals surface area contributed by atoms with Crippen LogP contribution in [0.2, 0.25) is 5.02 Å². The third-order valence-electron chi connectivity index (χ3n) is 4.22. The predicted octanol–water partition coefficient (Wildman–Crippen LogP) is 2.89. The van der Waals surface area contributed by atoms with Gasteiger partial charge in [-0.25, -0.2) is 4.98 Å². The molecule has 0 radical (unpaired) electrons. The zero-order chi connectivity index (χ0) is 12.4. The maximum atomic E-state index is 6.01. The van der Waals surface area contributed by atoms with Crippen molar-refractivity contribution >= 4 is 11.6 Å². The second-order valence-electron chi connectivity index (χ2n) is 5.39. The summed E-state index contributed by atoms with van der Waals surface area (Å²) in [5.41, 5.74) is 0. The van der Waals surface area contributed by atoms with Gasteiger partial charge in [0.05, 0.1) is 0 Å². The van der Waals surface area contributed by atoms with Gasteiger partial charge in [0.1, 0.15) is 11.6 Å². The first-order chi connectivity index (χ1) is 8.83. The van der Waals surface area contributed by atoms with Crippen molar-refractivity contribution in [3.8, 4) is 5.88 Å². The number of hydrogen-bond donors (Lipinski definition) is 1. The van der Waals surface area contributed by atoms with Crippen LogP contribution in [0.5, 0.6) is 5.88 Å².